The topological polar surface area (TPSA) is 15.3 Å². The van der Waals surface area contributed by atoms with E-state index in [1.54, 1.807) is 0 Å². The van der Waals surface area contributed by atoms with Gasteiger partial charge < -0.3 is 10.2 Å². The van der Waals surface area contributed by atoms with Crippen molar-refractivity contribution in [2.45, 2.75) is 26.3 Å². The van der Waals surface area contributed by atoms with E-state index in [-0.39, 0.29) is 5.54 Å². The summed E-state index contributed by atoms with van der Waals surface area (Å²) >= 11 is 0. The van der Waals surface area contributed by atoms with Crippen LogP contribution >= 0.6 is 0 Å². The summed E-state index contributed by atoms with van der Waals surface area (Å²) in [6.07, 6.45) is 7.90. The van der Waals surface area contributed by atoms with E-state index in [0.717, 1.165) is 0 Å². The molecule has 0 spiro atoms. The van der Waals surface area contributed by atoms with E-state index in [9.17, 15) is 0 Å². The normalized spacial score (nSPS) is 17.3. The molecule has 2 nitrogen and oxygen atoms in total. The minimum Gasteiger partial charge on any atom is -0.365 e. The number of hydrogen-bond donors (Lipinski definition) is 1. The molecule has 0 bridgehead atoms. The van der Waals surface area contributed by atoms with Crippen LogP contribution in [0.25, 0.3) is 0 Å². The molecule has 0 saturated heterocycles. The lowest BCUT2D eigenvalue weighted by Crippen LogP contribution is -2.34. The molecule has 0 unspecified atom stereocenters. The van der Waals surface area contributed by atoms with E-state index >= 15 is 0 Å². The fourth-order valence-corrected chi connectivity index (χ4v) is 0.799. The third kappa shape index (κ3) is 1.53. The summed E-state index contributed by atoms with van der Waals surface area (Å²) in [5.74, 6) is 0. The molecular weight excluding hydrogens is 124 g/mol. The summed E-state index contributed by atoms with van der Waals surface area (Å²) < 4.78 is 0. The molecule has 0 atom stereocenters. The Balaban J connectivity index is 2.64. The highest BCUT2D eigenvalue weighted by molar-refractivity contribution is 5.02. The largest absolute Gasteiger partial charge is 0.365 e. The van der Waals surface area contributed by atoms with Crippen LogP contribution in [0.3, 0.4) is 0 Å². The van der Waals surface area contributed by atoms with E-state index in [0.29, 0.717) is 0 Å². The highest BCUT2D eigenvalue weighted by Gasteiger charge is 2.15. The maximum absolute atomic E-state index is 2.98. The van der Waals surface area contributed by atoms with Crippen LogP contribution in [0, 0.1) is 0 Å². The molecular formula is C8H14N2. The van der Waals surface area contributed by atoms with Crippen LogP contribution in [0.4, 0.5) is 0 Å². The molecule has 2 heteroatoms. The van der Waals surface area contributed by atoms with E-state index in [1.807, 2.05) is 24.8 Å². The van der Waals surface area contributed by atoms with Crippen LogP contribution in [0.1, 0.15) is 20.8 Å². The Morgan fingerprint density at radius 3 is 1.90 bits per heavy atom. The Hall–Kier alpha value is -0.920. The van der Waals surface area contributed by atoms with Crippen molar-refractivity contribution in [3.63, 3.8) is 0 Å². The lowest BCUT2D eigenvalue weighted by atomic mass is 10.1. The van der Waals surface area contributed by atoms with Gasteiger partial charge in [0.1, 0.15) is 0 Å². The molecule has 1 rings (SSSR count). The number of nitrogens with one attached hydrogen (secondary N) is 1. The predicted molar refractivity (Wildman–Crippen MR) is 43.0 cm³/mol. The molecule has 0 amide bonds. The lowest BCUT2D eigenvalue weighted by molar-refractivity contribution is 0.276. The van der Waals surface area contributed by atoms with Crippen molar-refractivity contribution in [1.29, 1.82) is 0 Å². The average molecular weight is 138 g/mol. The number of hydrogen-bond acceptors (Lipinski definition) is 2. The molecule has 0 radical (unpaired) electrons. The Morgan fingerprint density at radius 2 is 1.60 bits per heavy atom. The standard InChI is InChI=1S/C8H14N2/c1-8(2,3)10-6-4-9-5-7-10/h4-7,9H,1-3H3. The van der Waals surface area contributed by atoms with Crippen molar-refractivity contribution >= 4 is 0 Å². The molecule has 1 N–H and O–H groups in total. The summed E-state index contributed by atoms with van der Waals surface area (Å²) in [5.41, 5.74) is 0.190. The van der Waals surface area contributed by atoms with E-state index in [2.05, 4.69) is 31.0 Å². The van der Waals surface area contributed by atoms with Crippen molar-refractivity contribution < 1.29 is 0 Å². The second-order valence-corrected chi connectivity index (χ2v) is 3.38. The first kappa shape index (κ1) is 7.19. The SMILES string of the molecule is CC(C)(C)N1C=CNC=C1. The minimum absolute atomic E-state index is 0.190. The molecule has 0 aromatic carbocycles. The van der Waals surface area contributed by atoms with E-state index in [1.165, 1.54) is 0 Å². The van der Waals surface area contributed by atoms with Crippen LogP contribution in [-0.2, 0) is 0 Å². The Bertz CT molecular complexity index is 151. The van der Waals surface area contributed by atoms with Gasteiger partial charge >= 0.3 is 0 Å². The van der Waals surface area contributed by atoms with Crippen LogP contribution < -0.4 is 5.32 Å². The van der Waals surface area contributed by atoms with E-state index in [4.69, 9.17) is 0 Å². The lowest BCUT2D eigenvalue weighted by Gasteiger charge is -2.32. The third-order valence-electron chi connectivity index (χ3n) is 1.44. The van der Waals surface area contributed by atoms with Gasteiger partial charge in [-0.25, -0.2) is 0 Å². The quantitative estimate of drug-likeness (QED) is 0.547. The molecule has 1 aliphatic heterocycles. The van der Waals surface area contributed by atoms with E-state index < -0.39 is 0 Å². The smallest absolute Gasteiger partial charge is 0.0356 e. The second kappa shape index (κ2) is 2.37. The summed E-state index contributed by atoms with van der Waals surface area (Å²) in [6, 6.07) is 0. The van der Waals surface area contributed by atoms with Crippen LogP contribution in [0.15, 0.2) is 24.8 Å². The zero-order valence-electron chi connectivity index (χ0n) is 6.76. The summed E-state index contributed by atoms with van der Waals surface area (Å²) in [6.45, 7) is 6.52. The third-order valence-corrected chi connectivity index (χ3v) is 1.44. The molecule has 56 valence electrons. The van der Waals surface area contributed by atoms with Crippen molar-refractivity contribution in [2.75, 3.05) is 0 Å². The summed E-state index contributed by atoms with van der Waals surface area (Å²) in [4.78, 5) is 2.16. The van der Waals surface area contributed by atoms with Gasteiger partial charge in [0.05, 0.1) is 0 Å². The minimum atomic E-state index is 0.190. The number of nitrogens with zero attached hydrogens (tertiary/aromatic N) is 1. The molecule has 0 aromatic heterocycles. The van der Waals surface area contributed by atoms with Gasteiger partial charge in [-0.1, -0.05) is 0 Å². The fraction of sp³-hybridized carbons (Fsp3) is 0.500. The average Bonchev–Trinajstić information content (AvgIpc) is 1.88. The van der Waals surface area contributed by atoms with Gasteiger partial charge in [-0.2, -0.15) is 0 Å². The summed E-state index contributed by atoms with van der Waals surface area (Å²) in [5, 5.41) is 2.98. The highest BCUT2D eigenvalue weighted by Crippen LogP contribution is 2.14. The molecule has 0 saturated carbocycles. The van der Waals surface area contributed by atoms with Crippen LogP contribution in [0.5, 0.6) is 0 Å². The first-order valence-corrected chi connectivity index (χ1v) is 3.48. The Labute approximate surface area is 62.2 Å². The van der Waals surface area contributed by atoms with Gasteiger partial charge in [0, 0.05) is 30.3 Å². The second-order valence-electron chi connectivity index (χ2n) is 3.38. The predicted octanol–water partition coefficient (Wildman–Crippen LogP) is 1.63. The molecule has 10 heavy (non-hydrogen) atoms. The molecule has 1 aliphatic rings. The van der Waals surface area contributed by atoms with Crippen molar-refractivity contribution in [1.82, 2.24) is 10.2 Å². The van der Waals surface area contributed by atoms with Crippen LogP contribution in [0.2, 0.25) is 0 Å². The van der Waals surface area contributed by atoms with Crippen molar-refractivity contribution in [3.05, 3.63) is 24.8 Å². The Kier molecular flexibility index (Phi) is 1.70. The maximum Gasteiger partial charge on any atom is 0.0356 e. The first-order chi connectivity index (χ1) is 4.61. The zero-order valence-corrected chi connectivity index (χ0v) is 6.76. The Morgan fingerprint density at radius 1 is 1.10 bits per heavy atom. The van der Waals surface area contributed by atoms with Crippen molar-refractivity contribution in [2.24, 2.45) is 0 Å². The maximum atomic E-state index is 2.98. The molecule has 0 fully saturated rings. The molecule has 1 heterocycles. The monoisotopic (exact) mass is 138 g/mol. The molecule has 0 aliphatic carbocycles. The highest BCUT2D eigenvalue weighted by atomic mass is 15.2. The van der Waals surface area contributed by atoms with Gasteiger partial charge in [-0.15, -0.1) is 0 Å². The first-order valence-electron chi connectivity index (χ1n) is 3.48. The zero-order chi connectivity index (χ0) is 7.61. The van der Waals surface area contributed by atoms with Gasteiger partial charge in [0.2, 0.25) is 0 Å². The van der Waals surface area contributed by atoms with Crippen molar-refractivity contribution in [3.8, 4) is 0 Å². The fourth-order valence-electron chi connectivity index (χ4n) is 0.799. The van der Waals surface area contributed by atoms with Gasteiger partial charge in [0.15, 0.2) is 0 Å². The summed E-state index contributed by atoms with van der Waals surface area (Å²) in [7, 11) is 0. The number of rotatable bonds is 0. The molecule has 0 aromatic rings. The van der Waals surface area contributed by atoms with Crippen LogP contribution in [-0.4, -0.2) is 10.4 Å². The van der Waals surface area contributed by atoms with Gasteiger partial charge in [-0.3, -0.25) is 0 Å². The van der Waals surface area contributed by atoms with Gasteiger partial charge in [-0.05, 0) is 20.8 Å². The van der Waals surface area contributed by atoms with Gasteiger partial charge in [0.25, 0.3) is 0 Å².